The summed E-state index contributed by atoms with van der Waals surface area (Å²) in [5.41, 5.74) is 0.975. The molecule has 1 aromatic carbocycles. The molecule has 0 saturated carbocycles. The van der Waals surface area contributed by atoms with E-state index in [1.54, 1.807) is 36.4 Å². The van der Waals surface area contributed by atoms with Crippen molar-refractivity contribution in [3.63, 3.8) is 0 Å². The number of unbranched alkanes of at least 4 members (excludes halogenated alkanes) is 1. The Labute approximate surface area is 154 Å². The third kappa shape index (κ3) is 5.24. The number of hydrogen-bond donors (Lipinski definition) is 1. The Kier molecular flexibility index (Phi) is 7.06. The minimum Gasteiger partial charge on any atom is -0.451 e. The molecule has 1 N–H and O–H groups in total. The number of terminal acetylenes is 1. The van der Waals surface area contributed by atoms with Crippen molar-refractivity contribution in [2.75, 3.05) is 13.2 Å². The van der Waals surface area contributed by atoms with Crippen LogP contribution in [0.3, 0.4) is 0 Å². The molecule has 0 bridgehead atoms. The monoisotopic (exact) mass is 371 g/mol. The van der Waals surface area contributed by atoms with E-state index in [-0.39, 0.29) is 24.6 Å². The Bertz CT molecular complexity index is 925. The molecule has 5 nitrogen and oxygen atoms in total. The predicted molar refractivity (Wildman–Crippen MR) is 99.5 cm³/mol. The topological polar surface area (TPSA) is 70.8 Å². The van der Waals surface area contributed by atoms with Crippen molar-refractivity contribution in [2.45, 2.75) is 31.2 Å². The van der Waals surface area contributed by atoms with Crippen LogP contribution in [-0.2, 0) is 16.6 Å². The SMILES string of the molecule is C#CCN(Cc1ccc(C#CCCCO)o1)S(=O)(=O)c1ccc(C)cc1. The quantitative estimate of drug-likeness (QED) is 0.600. The fraction of sp³-hybridized carbons (Fsp3) is 0.300. The van der Waals surface area contributed by atoms with Crippen molar-refractivity contribution >= 4 is 10.0 Å². The maximum Gasteiger partial charge on any atom is 0.244 e. The van der Waals surface area contributed by atoms with Crippen molar-refractivity contribution in [2.24, 2.45) is 0 Å². The number of hydrogen-bond acceptors (Lipinski definition) is 4. The summed E-state index contributed by atoms with van der Waals surface area (Å²) in [5.74, 6) is 9.03. The lowest BCUT2D eigenvalue weighted by atomic mass is 10.2. The van der Waals surface area contributed by atoms with Gasteiger partial charge in [0, 0.05) is 13.0 Å². The Morgan fingerprint density at radius 1 is 1.19 bits per heavy atom. The average Bonchev–Trinajstić information content (AvgIpc) is 3.06. The highest BCUT2D eigenvalue weighted by molar-refractivity contribution is 7.89. The predicted octanol–water partition coefficient (Wildman–Crippen LogP) is 2.54. The van der Waals surface area contributed by atoms with Crippen LogP contribution >= 0.6 is 0 Å². The number of nitrogens with zero attached hydrogens (tertiary/aromatic N) is 1. The van der Waals surface area contributed by atoms with Gasteiger partial charge in [0.05, 0.1) is 18.0 Å². The molecule has 0 atom stereocenters. The van der Waals surface area contributed by atoms with Crippen LogP contribution < -0.4 is 0 Å². The highest BCUT2D eigenvalue weighted by atomic mass is 32.2. The molecule has 0 fully saturated rings. The van der Waals surface area contributed by atoms with Gasteiger partial charge in [0.15, 0.2) is 5.76 Å². The minimum atomic E-state index is -3.73. The van der Waals surface area contributed by atoms with Gasteiger partial charge in [-0.2, -0.15) is 4.31 Å². The number of benzene rings is 1. The molecule has 0 unspecified atom stereocenters. The van der Waals surface area contributed by atoms with Crippen LogP contribution in [0, 0.1) is 31.1 Å². The van der Waals surface area contributed by atoms with E-state index in [0.717, 1.165) is 5.56 Å². The normalized spacial score (nSPS) is 11.0. The molecule has 0 aliphatic carbocycles. The fourth-order valence-electron chi connectivity index (χ4n) is 2.21. The molecule has 0 amide bonds. The van der Waals surface area contributed by atoms with Gasteiger partial charge in [-0.05, 0) is 43.5 Å². The highest BCUT2D eigenvalue weighted by Crippen LogP contribution is 2.19. The van der Waals surface area contributed by atoms with Crippen LogP contribution in [-0.4, -0.2) is 31.0 Å². The molecule has 26 heavy (non-hydrogen) atoms. The first-order valence-electron chi connectivity index (χ1n) is 8.16. The summed E-state index contributed by atoms with van der Waals surface area (Å²) < 4.78 is 32.4. The van der Waals surface area contributed by atoms with Crippen LogP contribution in [0.4, 0.5) is 0 Å². The second kappa shape index (κ2) is 9.26. The fourth-order valence-corrected chi connectivity index (χ4v) is 3.53. The third-order valence-corrected chi connectivity index (χ3v) is 5.40. The first kappa shape index (κ1) is 19.8. The van der Waals surface area contributed by atoms with E-state index in [0.29, 0.717) is 24.4 Å². The van der Waals surface area contributed by atoms with Crippen molar-refractivity contribution in [1.82, 2.24) is 4.31 Å². The first-order chi connectivity index (χ1) is 12.5. The number of aliphatic hydroxyl groups excluding tert-OH is 1. The van der Waals surface area contributed by atoms with Crippen molar-refractivity contribution < 1.29 is 17.9 Å². The number of aliphatic hydroxyl groups is 1. The van der Waals surface area contributed by atoms with Crippen molar-refractivity contribution in [3.8, 4) is 24.2 Å². The molecule has 0 aliphatic rings. The molecule has 6 heteroatoms. The van der Waals surface area contributed by atoms with E-state index in [2.05, 4.69) is 17.8 Å². The lowest BCUT2D eigenvalue weighted by Gasteiger charge is -2.18. The molecule has 0 radical (unpaired) electrons. The zero-order valence-electron chi connectivity index (χ0n) is 14.6. The average molecular weight is 371 g/mol. The van der Waals surface area contributed by atoms with Crippen LogP contribution in [0.1, 0.15) is 29.9 Å². The second-order valence-electron chi connectivity index (χ2n) is 5.69. The van der Waals surface area contributed by atoms with Gasteiger partial charge in [-0.1, -0.05) is 29.5 Å². The standard InChI is InChI=1S/C20H21NO4S/c1-3-14-21(26(23,24)20-12-8-17(2)9-13-20)16-19-11-10-18(25-19)7-5-4-6-15-22/h1,8-13,22H,4,6,14-16H2,2H3. The zero-order valence-corrected chi connectivity index (χ0v) is 15.4. The van der Waals surface area contributed by atoms with Gasteiger partial charge in [0.1, 0.15) is 5.76 Å². The Hall–Kier alpha value is -2.51. The van der Waals surface area contributed by atoms with Crippen LogP contribution in [0.15, 0.2) is 45.7 Å². The van der Waals surface area contributed by atoms with Gasteiger partial charge in [-0.15, -0.1) is 6.42 Å². The van der Waals surface area contributed by atoms with Crippen LogP contribution in [0.2, 0.25) is 0 Å². The molecule has 2 rings (SSSR count). The summed E-state index contributed by atoms with van der Waals surface area (Å²) >= 11 is 0. The molecule has 1 aromatic heterocycles. The van der Waals surface area contributed by atoms with Gasteiger partial charge >= 0.3 is 0 Å². The number of furan rings is 1. The van der Waals surface area contributed by atoms with Crippen LogP contribution in [0.5, 0.6) is 0 Å². The Morgan fingerprint density at radius 2 is 1.92 bits per heavy atom. The van der Waals surface area contributed by atoms with Gasteiger partial charge in [-0.3, -0.25) is 0 Å². The Morgan fingerprint density at radius 3 is 2.58 bits per heavy atom. The number of rotatable bonds is 7. The van der Waals surface area contributed by atoms with E-state index in [1.165, 1.54) is 4.31 Å². The molecule has 0 aliphatic heterocycles. The zero-order chi connectivity index (χ0) is 19.0. The summed E-state index contributed by atoms with van der Waals surface area (Å²) in [5, 5.41) is 8.73. The van der Waals surface area contributed by atoms with Gasteiger partial charge in [0.2, 0.25) is 10.0 Å². The summed E-state index contributed by atoms with van der Waals surface area (Å²) in [6.07, 6.45) is 6.52. The second-order valence-corrected chi connectivity index (χ2v) is 7.62. The molecule has 136 valence electrons. The van der Waals surface area contributed by atoms with Crippen molar-refractivity contribution in [1.29, 1.82) is 0 Å². The molecule has 1 heterocycles. The van der Waals surface area contributed by atoms with E-state index in [9.17, 15) is 8.42 Å². The van der Waals surface area contributed by atoms with Crippen molar-refractivity contribution in [3.05, 3.63) is 53.5 Å². The maximum atomic E-state index is 12.8. The first-order valence-corrected chi connectivity index (χ1v) is 9.60. The lowest BCUT2D eigenvalue weighted by Crippen LogP contribution is -2.30. The number of sulfonamides is 1. The molecular formula is C20H21NO4S. The minimum absolute atomic E-state index is 0.0265. The van der Waals surface area contributed by atoms with Gasteiger partial charge in [-0.25, -0.2) is 8.42 Å². The molecule has 2 aromatic rings. The molecule has 0 saturated heterocycles. The summed E-state index contributed by atoms with van der Waals surface area (Å²) in [6.45, 7) is 1.95. The van der Waals surface area contributed by atoms with E-state index < -0.39 is 10.0 Å². The lowest BCUT2D eigenvalue weighted by molar-refractivity contribution is 0.290. The smallest absolute Gasteiger partial charge is 0.244 e. The molecule has 0 spiro atoms. The van der Waals surface area contributed by atoms with Gasteiger partial charge in [0.25, 0.3) is 0 Å². The third-order valence-electron chi connectivity index (χ3n) is 3.59. The summed E-state index contributed by atoms with van der Waals surface area (Å²) in [7, 11) is -3.73. The van der Waals surface area contributed by atoms with E-state index in [4.69, 9.17) is 15.9 Å². The van der Waals surface area contributed by atoms with E-state index >= 15 is 0 Å². The maximum absolute atomic E-state index is 12.8. The number of aryl methyl sites for hydroxylation is 1. The van der Waals surface area contributed by atoms with Gasteiger partial charge < -0.3 is 9.52 Å². The highest BCUT2D eigenvalue weighted by Gasteiger charge is 2.25. The van der Waals surface area contributed by atoms with Crippen LogP contribution in [0.25, 0.3) is 0 Å². The largest absolute Gasteiger partial charge is 0.451 e. The summed E-state index contributed by atoms with van der Waals surface area (Å²) in [4.78, 5) is 0.189. The Balaban J connectivity index is 2.18. The summed E-state index contributed by atoms with van der Waals surface area (Å²) in [6, 6.07) is 9.99. The van der Waals surface area contributed by atoms with E-state index in [1.807, 2.05) is 6.92 Å². The molecular weight excluding hydrogens is 350 g/mol.